The minimum Gasteiger partial charge on any atom is -0.507 e. The molecule has 0 radical (unpaired) electrons. The maximum absolute atomic E-state index is 12.0. The smallest absolute Gasteiger partial charge is 0.271 e. The van der Waals surface area contributed by atoms with Gasteiger partial charge >= 0.3 is 0 Å². The molecule has 6 heteroatoms. The molecular formula is C16H15N3O3. The number of rotatable bonds is 4. The van der Waals surface area contributed by atoms with E-state index in [1.165, 1.54) is 19.2 Å². The number of nitrogens with one attached hydrogen (secondary N) is 2. The van der Waals surface area contributed by atoms with Crippen molar-refractivity contribution in [1.82, 2.24) is 5.43 Å². The fourth-order valence-corrected chi connectivity index (χ4v) is 1.76. The van der Waals surface area contributed by atoms with Crippen molar-refractivity contribution in [3.05, 3.63) is 59.7 Å². The Kier molecular flexibility index (Phi) is 4.87. The van der Waals surface area contributed by atoms with Crippen LogP contribution in [0.2, 0.25) is 0 Å². The molecule has 6 nitrogen and oxygen atoms in total. The maximum Gasteiger partial charge on any atom is 0.271 e. The number of anilines is 1. The summed E-state index contributed by atoms with van der Waals surface area (Å²) in [5.74, 6) is -0.554. The van der Waals surface area contributed by atoms with Gasteiger partial charge in [0.15, 0.2) is 0 Å². The van der Waals surface area contributed by atoms with Crippen LogP contribution in [0.3, 0.4) is 0 Å². The van der Waals surface area contributed by atoms with Crippen molar-refractivity contribution in [2.24, 2.45) is 5.10 Å². The first-order chi connectivity index (χ1) is 10.6. The fraction of sp³-hybridized carbons (Fsp3) is 0.0625. The Hall–Kier alpha value is -3.15. The van der Waals surface area contributed by atoms with Crippen molar-refractivity contribution < 1.29 is 14.7 Å². The van der Waals surface area contributed by atoms with E-state index >= 15 is 0 Å². The minimum absolute atomic E-state index is 0.0770. The third-order valence-electron chi connectivity index (χ3n) is 2.75. The molecule has 0 fully saturated rings. The molecule has 2 aromatic rings. The molecule has 0 spiro atoms. The number of hydrogen-bond donors (Lipinski definition) is 3. The van der Waals surface area contributed by atoms with E-state index in [4.69, 9.17) is 0 Å². The number of aromatic hydroxyl groups is 1. The van der Waals surface area contributed by atoms with Crippen molar-refractivity contribution in [2.75, 3.05) is 5.32 Å². The van der Waals surface area contributed by atoms with Crippen molar-refractivity contribution >= 4 is 23.7 Å². The monoisotopic (exact) mass is 297 g/mol. The van der Waals surface area contributed by atoms with Crippen LogP contribution in [0.4, 0.5) is 5.69 Å². The van der Waals surface area contributed by atoms with E-state index in [9.17, 15) is 14.7 Å². The van der Waals surface area contributed by atoms with Crippen molar-refractivity contribution in [1.29, 1.82) is 0 Å². The Balaban J connectivity index is 2.03. The number of hydrogen-bond acceptors (Lipinski definition) is 4. The van der Waals surface area contributed by atoms with Crippen LogP contribution in [0.5, 0.6) is 5.75 Å². The topological polar surface area (TPSA) is 90.8 Å². The van der Waals surface area contributed by atoms with Crippen LogP contribution in [-0.4, -0.2) is 23.1 Å². The van der Waals surface area contributed by atoms with Gasteiger partial charge in [0.05, 0.1) is 6.21 Å². The number of carbonyl (C=O) groups excluding carboxylic acids is 2. The van der Waals surface area contributed by atoms with E-state index in [1.807, 2.05) is 0 Å². The van der Waals surface area contributed by atoms with Gasteiger partial charge in [0, 0.05) is 23.7 Å². The summed E-state index contributed by atoms with van der Waals surface area (Å²) in [6, 6.07) is 13.1. The Bertz CT molecular complexity index is 726. The van der Waals surface area contributed by atoms with E-state index in [0.717, 1.165) is 0 Å². The molecule has 0 unspecified atom stereocenters. The Labute approximate surface area is 127 Å². The normalized spacial score (nSPS) is 10.4. The molecule has 0 bridgehead atoms. The first-order valence-corrected chi connectivity index (χ1v) is 6.55. The number of phenolic OH excluding ortho intramolecular Hbond substituents is 1. The third kappa shape index (κ3) is 4.17. The van der Waals surface area contributed by atoms with Gasteiger partial charge in [0.1, 0.15) is 5.75 Å². The molecule has 0 aliphatic rings. The molecule has 0 saturated heterocycles. The van der Waals surface area contributed by atoms with Gasteiger partial charge in [-0.2, -0.15) is 5.10 Å². The van der Waals surface area contributed by atoms with E-state index in [0.29, 0.717) is 16.8 Å². The summed E-state index contributed by atoms with van der Waals surface area (Å²) in [5.41, 5.74) is 3.75. The van der Waals surface area contributed by atoms with E-state index in [1.54, 1.807) is 42.5 Å². The maximum atomic E-state index is 12.0. The van der Waals surface area contributed by atoms with Crippen LogP contribution < -0.4 is 10.7 Å². The Morgan fingerprint density at radius 1 is 1.14 bits per heavy atom. The summed E-state index contributed by atoms with van der Waals surface area (Å²) in [6.45, 7) is 1.39. The van der Waals surface area contributed by atoms with E-state index < -0.39 is 5.91 Å². The summed E-state index contributed by atoms with van der Waals surface area (Å²) >= 11 is 0. The van der Waals surface area contributed by atoms with E-state index in [-0.39, 0.29) is 11.7 Å². The number of carbonyl (C=O) groups is 2. The zero-order valence-electron chi connectivity index (χ0n) is 11.9. The lowest BCUT2D eigenvalue weighted by atomic mass is 10.2. The van der Waals surface area contributed by atoms with Crippen molar-refractivity contribution in [2.45, 2.75) is 6.92 Å². The van der Waals surface area contributed by atoms with Crippen LogP contribution in [0.1, 0.15) is 22.8 Å². The first kappa shape index (κ1) is 15.2. The van der Waals surface area contributed by atoms with Crippen molar-refractivity contribution in [3.63, 3.8) is 0 Å². The number of amides is 2. The second-order valence-electron chi connectivity index (χ2n) is 4.52. The lowest BCUT2D eigenvalue weighted by Crippen LogP contribution is -2.18. The molecule has 0 saturated carbocycles. The summed E-state index contributed by atoms with van der Waals surface area (Å²) in [7, 11) is 0. The molecule has 0 aliphatic heterocycles. The summed E-state index contributed by atoms with van der Waals surface area (Å²) in [6.07, 6.45) is 1.35. The molecular weight excluding hydrogens is 282 g/mol. The highest BCUT2D eigenvalue weighted by Crippen LogP contribution is 2.13. The largest absolute Gasteiger partial charge is 0.507 e. The molecule has 22 heavy (non-hydrogen) atoms. The summed E-state index contributed by atoms with van der Waals surface area (Å²) in [5, 5.41) is 16.0. The van der Waals surface area contributed by atoms with Gasteiger partial charge in [-0.3, -0.25) is 9.59 Å². The molecule has 112 valence electrons. The predicted molar refractivity (Wildman–Crippen MR) is 83.9 cm³/mol. The number of benzene rings is 2. The van der Waals surface area contributed by atoms with Gasteiger partial charge in [0.25, 0.3) is 5.91 Å². The zero-order chi connectivity index (χ0) is 15.9. The molecule has 2 aromatic carbocycles. The molecule has 2 amide bonds. The highest BCUT2D eigenvalue weighted by Gasteiger charge is 2.05. The number of phenols is 1. The molecule has 0 aliphatic carbocycles. The second-order valence-corrected chi connectivity index (χ2v) is 4.52. The zero-order valence-corrected chi connectivity index (χ0v) is 11.9. The highest BCUT2D eigenvalue weighted by atomic mass is 16.3. The van der Waals surface area contributed by atoms with Crippen molar-refractivity contribution in [3.8, 4) is 5.75 Å². The SMILES string of the molecule is CC(=O)Nc1cccc(C(=O)N/N=C/c2ccccc2O)c1. The lowest BCUT2D eigenvalue weighted by Gasteiger charge is -2.04. The summed E-state index contributed by atoms with van der Waals surface area (Å²) < 4.78 is 0. The average molecular weight is 297 g/mol. The van der Waals surface area contributed by atoms with Crippen LogP contribution in [0, 0.1) is 0 Å². The third-order valence-corrected chi connectivity index (χ3v) is 2.75. The molecule has 0 aromatic heterocycles. The van der Waals surface area contributed by atoms with Gasteiger partial charge in [-0.05, 0) is 30.3 Å². The Morgan fingerprint density at radius 3 is 2.64 bits per heavy atom. The molecule has 3 N–H and O–H groups in total. The number of para-hydroxylation sites is 1. The van der Waals surface area contributed by atoms with Crippen LogP contribution >= 0.6 is 0 Å². The van der Waals surface area contributed by atoms with Crippen LogP contribution in [-0.2, 0) is 4.79 Å². The highest BCUT2D eigenvalue weighted by molar-refractivity contribution is 5.97. The fourth-order valence-electron chi connectivity index (χ4n) is 1.76. The average Bonchev–Trinajstić information content (AvgIpc) is 2.48. The van der Waals surface area contributed by atoms with Gasteiger partial charge in [-0.25, -0.2) is 5.43 Å². The lowest BCUT2D eigenvalue weighted by molar-refractivity contribution is -0.114. The predicted octanol–water partition coefficient (Wildman–Crippen LogP) is 2.11. The van der Waals surface area contributed by atoms with E-state index in [2.05, 4.69) is 15.8 Å². The number of hydrazone groups is 1. The van der Waals surface area contributed by atoms with Gasteiger partial charge in [-0.1, -0.05) is 18.2 Å². The van der Waals surface area contributed by atoms with Crippen LogP contribution in [0.15, 0.2) is 53.6 Å². The van der Waals surface area contributed by atoms with Gasteiger partial charge in [-0.15, -0.1) is 0 Å². The molecule has 2 rings (SSSR count). The quantitative estimate of drug-likeness (QED) is 0.596. The Morgan fingerprint density at radius 2 is 1.91 bits per heavy atom. The minimum atomic E-state index is -0.418. The van der Waals surface area contributed by atoms with Gasteiger partial charge in [0.2, 0.25) is 5.91 Å². The summed E-state index contributed by atoms with van der Waals surface area (Å²) in [4.78, 5) is 23.0. The second kappa shape index (κ2) is 7.03. The molecule has 0 heterocycles. The first-order valence-electron chi connectivity index (χ1n) is 6.55. The van der Waals surface area contributed by atoms with Gasteiger partial charge < -0.3 is 10.4 Å². The molecule has 0 atom stereocenters. The number of nitrogens with zero attached hydrogens (tertiary/aromatic N) is 1. The van der Waals surface area contributed by atoms with Crippen LogP contribution in [0.25, 0.3) is 0 Å². The standard InChI is InChI=1S/C16H15N3O3/c1-11(20)18-14-7-4-6-12(9-14)16(22)19-17-10-13-5-2-3-8-15(13)21/h2-10,21H,1H3,(H,18,20)(H,19,22)/b17-10+.